The van der Waals surface area contributed by atoms with Crippen LogP contribution >= 0.6 is 0 Å². The largest absolute Gasteiger partial charge is 0.456 e. The van der Waals surface area contributed by atoms with E-state index >= 15 is 0 Å². The fraction of sp³-hybridized carbons (Fsp3) is 0. The van der Waals surface area contributed by atoms with Gasteiger partial charge < -0.3 is 9.32 Å². The van der Waals surface area contributed by atoms with Gasteiger partial charge in [0.1, 0.15) is 11.2 Å². The molecule has 1 aromatic heterocycles. The second-order valence-corrected chi connectivity index (χ2v) is 8.97. The summed E-state index contributed by atoms with van der Waals surface area (Å²) in [5.41, 5.74) is 7.47. The van der Waals surface area contributed by atoms with E-state index in [2.05, 4.69) is 144 Å². The zero-order valence-corrected chi connectivity index (χ0v) is 19.6. The fourth-order valence-corrected chi connectivity index (χ4v) is 5.29. The monoisotopic (exact) mass is 461 g/mol. The summed E-state index contributed by atoms with van der Waals surface area (Å²) >= 11 is 0. The summed E-state index contributed by atoms with van der Waals surface area (Å²) in [4.78, 5) is 2.32. The van der Waals surface area contributed by atoms with E-state index < -0.39 is 0 Å². The highest BCUT2D eigenvalue weighted by Gasteiger charge is 2.21. The van der Waals surface area contributed by atoms with Crippen molar-refractivity contribution in [1.82, 2.24) is 0 Å². The van der Waals surface area contributed by atoms with Gasteiger partial charge in [0.2, 0.25) is 0 Å². The fourth-order valence-electron chi connectivity index (χ4n) is 5.29. The van der Waals surface area contributed by atoms with Crippen LogP contribution in [0.25, 0.3) is 43.8 Å². The Morgan fingerprint density at radius 3 is 1.69 bits per heavy atom. The molecule has 36 heavy (non-hydrogen) atoms. The lowest BCUT2D eigenvalue weighted by Gasteiger charge is -2.26. The molecule has 0 unspecified atom stereocenters. The molecule has 0 amide bonds. The lowest BCUT2D eigenvalue weighted by atomic mass is 9.94. The zero-order valence-electron chi connectivity index (χ0n) is 19.6. The quantitative estimate of drug-likeness (QED) is 0.259. The highest BCUT2D eigenvalue weighted by Crippen LogP contribution is 2.46. The predicted octanol–water partition coefficient (Wildman–Crippen LogP) is 9.88. The van der Waals surface area contributed by atoms with Crippen LogP contribution in [0.4, 0.5) is 17.1 Å². The van der Waals surface area contributed by atoms with E-state index in [1.54, 1.807) is 0 Å². The Kier molecular flexibility index (Phi) is 4.82. The van der Waals surface area contributed by atoms with Gasteiger partial charge in [0.15, 0.2) is 0 Å². The Balaban J connectivity index is 1.59. The standard InChI is InChI=1S/C34H23NO/c1-4-13-24(14-5-1)29-23-32-33(28-20-11-10-19-27(28)29)34-30(21-12-22-31(34)36-32)35(25-15-6-2-7-16-25)26-17-8-3-9-18-26/h1-23H. The minimum Gasteiger partial charge on any atom is -0.456 e. The summed E-state index contributed by atoms with van der Waals surface area (Å²) in [7, 11) is 0. The molecule has 0 aliphatic carbocycles. The molecule has 0 bridgehead atoms. The Hall–Kier alpha value is -4.82. The predicted molar refractivity (Wildman–Crippen MR) is 151 cm³/mol. The molecule has 0 atom stereocenters. The second kappa shape index (κ2) is 8.44. The van der Waals surface area contributed by atoms with Gasteiger partial charge >= 0.3 is 0 Å². The minimum absolute atomic E-state index is 0.884. The third kappa shape index (κ3) is 3.27. The summed E-state index contributed by atoms with van der Waals surface area (Å²) in [6.45, 7) is 0. The highest BCUT2D eigenvalue weighted by molar-refractivity contribution is 6.25. The van der Waals surface area contributed by atoms with Gasteiger partial charge in [-0.15, -0.1) is 0 Å². The third-order valence-corrected chi connectivity index (χ3v) is 6.84. The van der Waals surface area contributed by atoms with Crippen LogP contribution in [-0.4, -0.2) is 0 Å². The van der Waals surface area contributed by atoms with Crippen molar-refractivity contribution in [2.75, 3.05) is 4.90 Å². The van der Waals surface area contributed by atoms with E-state index in [0.29, 0.717) is 0 Å². The summed E-state index contributed by atoms with van der Waals surface area (Å²) < 4.78 is 6.56. The van der Waals surface area contributed by atoms with Crippen LogP contribution in [0, 0.1) is 0 Å². The molecule has 7 aromatic rings. The van der Waals surface area contributed by atoms with Crippen LogP contribution in [-0.2, 0) is 0 Å². The Morgan fingerprint density at radius 2 is 1.03 bits per heavy atom. The maximum Gasteiger partial charge on any atom is 0.137 e. The van der Waals surface area contributed by atoms with Gasteiger partial charge in [-0.3, -0.25) is 0 Å². The van der Waals surface area contributed by atoms with E-state index in [1.807, 2.05) is 0 Å². The summed E-state index contributed by atoms with van der Waals surface area (Å²) in [5.74, 6) is 0. The topological polar surface area (TPSA) is 16.4 Å². The number of fused-ring (bicyclic) bond motifs is 5. The van der Waals surface area contributed by atoms with Crippen LogP contribution in [0.2, 0.25) is 0 Å². The van der Waals surface area contributed by atoms with E-state index in [-0.39, 0.29) is 0 Å². The van der Waals surface area contributed by atoms with Crippen LogP contribution in [0.3, 0.4) is 0 Å². The summed E-state index contributed by atoms with van der Waals surface area (Å²) in [5, 5.41) is 4.68. The SMILES string of the molecule is c1ccc(-c2cc3oc4cccc(N(c5ccccc5)c5ccccc5)c4c3c3ccccc23)cc1. The molecule has 1 heterocycles. The van der Waals surface area contributed by atoms with E-state index in [9.17, 15) is 0 Å². The molecule has 0 saturated heterocycles. The number of hydrogen-bond acceptors (Lipinski definition) is 2. The van der Waals surface area contributed by atoms with Crippen molar-refractivity contribution in [3.8, 4) is 11.1 Å². The van der Waals surface area contributed by atoms with Crippen LogP contribution in [0.1, 0.15) is 0 Å². The Morgan fingerprint density at radius 1 is 0.444 bits per heavy atom. The molecule has 2 nitrogen and oxygen atoms in total. The average Bonchev–Trinajstić information content (AvgIpc) is 3.34. The molecule has 0 spiro atoms. The van der Waals surface area contributed by atoms with Crippen molar-refractivity contribution in [2.45, 2.75) is 0 Å². The molecular weight excluding hydrogens is 438 g/mol. The van der Waals surface area contributed by atoms with Gasteiger partial charge in [-0.25, -0.2) is 0 Å². The molecule has 0 fully saturated rings. The molecule has 170 valence electrons. The van der Waals surface area contributed by atoms with Crippen LogP contribution in [0.5, 0.6) is 0 Å². The van der Waals surface area contributed by atoms with Gasteiger partial charge in [0, 0.05) is 16.8 Å². The summed E-state index contributed by atoms with van der Waals surface area (Å²) in [6.07, 6.45) is 0. The number of rotatable bonds is 4. The molecule has 6 aromatic carbocycles. The molecular formula is C34H23NO. The van der Waals surface area contributed by atoms with Crippen molar-refractivity contribution in [1.29, 1.82) is 0 Å². The van der Waals surface area contributed by atoms with Crippen molar-refractivity contribution in [3.63, 3.8) is 0 Å². The molecule has 7 rings (SSSR count). The highest BCUT2D eigenvalue weighted by atomic mass is 16.3. The number of anilines is 3. The molecule has 0 radical (unpaired) electrons. The first-order chi connectivity index (χ1) is 17.9. The average molecular weight is 462 g/mol. The maximum atomic E-state index is 6.56. The Bertz CT molecular complexity index is 1780. The molecule has 0 saturated carbocycles. The van der Waals surface area contributed by atoms with E-state index in [1.165, 1.54) is 21.9 Å². The molecule has 0 aliphatic rings. The van der Waals surface area contributed by atoms with Crippen molar-refractivity contribution in [3.05, 3.63) is 140 Å². The number of furan rings is 1. The van der Waals surface area contributed by atoms with E-state index in [4.69, 9.17) is 4.42 Å². The lowest BCUT2D eigenvalue weighted by molar-refractivity contribution is 0.669. The van der Waals surface area contributed by atoms with Crippen molar-refractivity contribution < 1.29 is 4.42 Å². The first-order valence-corrected chi connectivity index (χ1v) is 12.2. The first-order valence-electron chi connectivity index (χ1n) is 12.2. The van der Waals surface area contributed by atoms with E-state index in [0.717, 1.165) is 39.0 Å². The number of hydrogen-bond donors (Lipinski definition) is 0. The van der Waals surface area contributed by atoms with Crippen LogP contribution < -0.4 is 4.90 Å². The van der Waals surface area contributed by atoms with Gasteiger partial charge in [-0.05, 0) is 64.4 Å². The molecule has 0 N–H and O–H groups in total. The molecule has 2 heteroatoms. The lowest BCUT2D eigenvalue weighted by Crippen LogP contribution is -2.09. The van der Waals surface area contributed by atoms with Gasteiger partial charge in [0.05, 0.1) is 11.1 Å². The van der Waals surface area contributed by atoms with Gasteiger partial charge in [0.25, 0.3) is 0 Å². The normalized spacial score (nSPS) is 11.3. The smallest absolute Gasteiger partial charge is 0.137 e. The second-order valence-electron chi connectivity index (χ2n) is 8.97. The maximum absolute atomic E-state index is 6.56. The third-order valence-electron chi connectivity index (χ3n) is 6.84. The first kappa shape index (κ1) is 20.5. The Labute approximate surface area is 209 Å². The number of nitrogens with zero attached hydrogens (tertiary/aromatic N) is 1. The zero-order chi connectivity index (χ0) is 23.9. The number of benzene rings is 6. The van der Waals surface area contributed by atoms with Crippen molar-refractivity contribution in [2.24, 2.45) is 0 Å². The van der Waals surface area contributed by atoms with Crippen LogP contribution in [0.15, 0.2) is 144 Å². The minimum atomic E-state index is 0.884. The van der Waals surface area contributed by atoms with Crippen molar-refractivity contribution >= 4 is 49.8 Å². The van der Waals surface area contributed by atoms with Gasteiger partial charge in [-0.1, -0.05) is 97.1 Å². The molecule has 0 aliphatic heterocycles. The summed E-state index contributed by atoms with van der Waals surface area (Å²) in [6, 6.07) is 48.8. The van der Waals surface area contributed by atoms with Gasteiger partial charge in [-0.2, -0.15) is 0 Å². The number of para-hydroxylation sites is 2.